The Morgan fingerprint density at radius 2 is 1.52 bits per heavy atom. The maximum atomic E-state index is 14.0. The van der Waals surface area contributed by atoms with E-state index in [-0.39, 0.29) is 12.1 Å². The quantitative estimate of drug-likeness (QED) is 0.388. The molecule has 2 bridgehead atoms. The van der Waals surface area contributed by atoms with E-state index in [0.29, 0.717) is 30.9 Å². The minimum absolute atomic E-state index is 0.0947. The van der Waals surface area contributed by atoms with Crippen molar-refractivity contribution in [1.29, 1.82) is 0 Å². The highest BCUT2D eigenvalue weighted by atomic mass is 19.2. The second-order valence-electron chi connectivity index (χ2n) is 8.32. The molecule has 33 heavy (non-hydrogen) atoms. The van der Waals surface area contributed by atoms with Crippen LogP contribution in [-0.2, 0) is 6.54 Å². The normalized spacial score (nSPS) is 22.3. The van der Waals surface area contributed by atoms with Crippen molar-refractivity contribution >= 4 is 5.91 Å². The van der Waals surface area contributed by atoms with Crippen LogP contribution in [0.2, 0.25) is 0 Å². The first-order valence-electron chi connectivity index (χ1n) is 10.5. The SMILES string of the molecule is COc1ccc(CN2C3CCC2CC(NC(=O)c2c(F)c(F)c(F)c(F)c2F)C3)c(OC)c1. The number of halogens is 5. The van der Waals surface area contributed by atoms with Crippen molar-refractivity contribution in [2.75, 3.05) is 14.2 Å². The fourth-order valence-corrected chi connectivity index (χ4v) is 4.89. The van der Waals surface area contributed by atoms with Gasteiger partial charge in [-0.25, -0.2) is 22.0 Å². The largest absolute Gasteiger partial charge is 0.497 e. The lowest BCUT2D eigenvalue weighted by molar-refractivity contribution is 0.0816. The number of carbonyl (C=O) groups is 1. The van der Waals surface area contributed by atoms with Gasteiger partial charge in [0, 0.05) is 36.3 Å². The molecular formula is C23H23F5N2O3. The van der Waals surface area contributed by atoms with Gasteiger partial charge in [0.2, 0.25) is 5.82 Å². The van der Waals surface area contributed by atoms with Crippen molar-refractivity contribution < 1.29 is 36.2 Å². The highest BCUT2D eigenvalue weighted by Crippen LogP contribution is 2.38. The summed E-state index contributed by atoms with van der Waals surface area (Å²) in [6.07, 6.45) is 2.74. The molecule has 0 aliphatic carbocycles. The lowest BCUT2D eigenvalue weighted by Crippen LogP contribution is -2.50. The molecule has 0 spiro atoms. The zero-order valence-electron chi connectivity index (χ0n) is 18.1. The number of rotatable bonds is 6. The summed E-state index contributed by atoms with van der Waals surface area (Å²) in [5.74, 6) is -10.8. The predicted octanol–water partition coefficient (Wildman–Crippen LogP) is 4.32. The number of amides is 1. The first-order valence-corrected chi connectivity index (χ1v) is 10.5. The van der Waals surface area contributed by atoms with Gasteiger partial charge in [-0.15, -0.1) is 0 Å². The van der Waals surface area contributed by atoms with E-state index in [0.717, 1.165) is 18.4 Å². The van der Waals surface area contributed by atoms with Crippen molar-refractivity contribution in [2.45, 2.75) is 50.4 Å². The molecule has 2 heterocycles. The number of piperidine rings is 1. The molecule has 2 aromatic rings. The highest BCUT2D eigenvalue weighted by molar-refractivity contribution is 5.95. The Morgan fingerprint density at radius 1 is 0.939 bits per heavy atom. The maximum absolute atomic E-state index is 14.0. The van der Waals surface area contributed by atoms with Gasteiger partial charge in [0.15, 0.2) is 23.3 Å². The summed E-state index contributed by atoms with van der Waals surface area (Å²) in [6.45, 7) is 0.612. The molecule has 178 valence electrons. The summed E-state index contributed by atoms with van der Waals surface area (Å²) in [5.41, 5.74) is -0.483. The molecule has 0 aromatic heterocycles. The Morgan fingerprint density at radius 3 is 2.06 bits per heavy atom. The number of carbonyl (C=O) groups excluding carboxylic acids is 1. The molecule has 2 saturated heterocycles. The first-order chi connectivity index (χ1) is 15.7. The lowest BCUT2D eigenvalue weighted by Gasteiger charge is -2.39. The molecule has 2 aliphatic heterocycles. The number of nitrogens with one attached hydrogen (secondary N) is 1. The number of methoxy groups -OCH3 is 2. The standard InChI is InChI=1S/C23H23F5N2O3/c1-32-15-6-3-11(16(9-15)33-2)10-30-13-4-5-14(30)8-12(7-13)29-23(31)17-18(24)20(26)22(28)21(27)19(17)25/h3,6,9,12-14H,4-5,7-8,10H2,1-2H3,(H,29,31). The van der Waals surface area contributed by atoms with Crippen LogP contribution in [0.15, 0.2) is 18.2 Å². The Balaban J connectivity index is 1.47. The van der Waals surface area contributed by atoms with Gasteiger partial charge >= 0.3 is 0 Å². The number of hydrogen-bond acceptors (Lipinski definition) is 4. The van der Waals surface area contributed by atoms with Crippen LogP contribution in [0.5, 0.6) is 11.5 Å². The van der Waals surface area contributed by atoms with Crippen LogP contribution in [0.4, 0.5) is 22.0 Å². The Kier molecular flexibility index (Phi) is 6.47. The summed E-state index contributed by atoms with van der Waals surface area (Å²) < 4.78 is 78.9. The van der Waals surface area contributed by atoms with E-state index in [1.54, 1.807) is 20.3 Å². The lowest BCUT2D eigenvalue weighted by atomic mass is 9.96. The molecule has 4 rings (SSSR count). The summed E-state index contributed by atoms with van der Waals surface area (Å²) in [7, 11) is 3.15. The zero-order valence-corrected chi connectivity index (χ0v) is 18.1. The molecule has 2 atom stereocenters. The molecule has 10 heteroatoms. The number of nitrogens with zero attached hydrogens (tertiary/aromatic N) is 1. The Hall–Kier alpha value is -2.88. The zero-order chi connectivity index (χ0) is 23.9. The number of ether oxygens (including phenoxy) is 2. The summed E-state index contributed by atoms with van der Waals surface area (Å²) in [4.78, 5) is 14.7. The van der Waals surface area contributed by atoms with Crippen molar-refractivity contribution in [1.82, 2.24) is 10.2 Å². The third kappa shape index (κ3) is 4.23. The van der Waals surface area contributed by atoms with Crippen LogP contribution >= 0.6 is 0 Å². The molecule has 2 aliphatic rings. The minimum Gasteiger partial charge on any atom is -0.497 e. The van der Waals surface area contributed by atoms with Crippen LogP contribution in [-0.4, -0.2) is 43.2 Å². The smallest absolute Gasteiger partial charge is 0.257 e. The van der Waals surface area contributed by atoms with E-state index in [1.165, 1.54) is 0 Å². The van der Waals surface area contributed by atoms with Crippen molar-refractivity contribution in [3.8, 4) is 11.5 Å². The van der Waals surface area contributed by atoms with E-state index < -0.39 is 46.6 Å². The topological polar surface area (TPSA) is 50.8 Å². The van der Waals surface area contributed by atoms with E-state index >= 15 is 0 Å². The molecule has 2 aromatic carbocycles. The van der Waals surface area contributed by atoms with Crippen LogP contribution < -0.4 is 14.8 Å². The number of fused-ring (bicyclic) bond motifs is 2. The van der Waals surface area contributed by atoms with Crippen LogP contribution in [0.25, 0.3) is 0 Å². The Bertz CT molecular complexity index is 1040. The van der Waals surface area contributed by atoms with Crippen LogP contribution in [0.1, 0.15) is 41.6 Å². The second kappa shape index (κ2) is 9.17. The maximum Gasteiger partial charge on any atom is 0.257 e. The van der Waals surface area contributed by atoms with Gasteiger partial charge in [-0.05, 0) is 31.7 Å². The Labute approximate surface area is 187 Å². The molecule has 1 N–H and O–H groups in total. The van der Waals surface area contributed by atoms with Crippen molar-refractivity contribution in [2.24, 2.45) is 0 Å². The van der Waals surface area contributed by atoms with Crippen LogP contribution in [0, 0.1) is 29.1 Å². The molecule has 2 unspecified atom stereocenters. The first kappa shape index (κ1) is 23.3. The summed E-state index contributed by atoms with van der Waals surface area (Å²) >= 11 is 0. The predicted molar refractivity (Wildman–Crippen MR) is 109 cm³/mol. The van der Waals surface area contributed by atoms with Gasteiger partial charge in [0.25, 0.3) is 5.91 Å². The van der Waals surface area contributed by atoms with E-state index in [9.17, 15) is 26.7 Å². The number of hydrogen-bond donors (Lipinski definition) is 1. The number of benzene rings is 2. The van der Waals surface area contributed by atoms with Gasteiger partial charge < -0.3 is 14.8 Å². The van der Waals surface area contributed by atoms with Gasteiger partial charge in [-0.3, -0.25) is 9.69 Å². The summed E-state index contributed by atoms with van der Waals surface area (Å²) in [5, 5.41) is 2.47. The molecule has 5 nitrogen and oxygen atoms in total. The molecule has 0 saturated carbocycles. The average molecular weight is 470 g/mol. The molecule has 0 radical (unpaired) electrons. The van der Waals surface area contributed by atoms with Gasteiger partial charge in [0.05, 0.1) is 14.2 Å². The summed E-state index contributed by atoms with van der Waals surface area (Å²) in [6, 6.07) is 5.31. The fraction of sp³-hybridized carbons (Fsp3) is 0.435. The van der Waals surface area contributed by atoms with Crippen molar-refractivity contribution in [3.63, 3.8) is 0 Å². The van der Waals surface area contributed by atoms with Gasteiger partial charge in [-0.2, -0.15) is 0 Å². The van der Waals surface area contributed by atoms with E-state index in [2.05, 4.69) is 10.2 Å². The third-order valence-corrected chi connectivity index (χ3v) is 6.50. The molecular weight excluding hydrogens is 447 g/mol. The van der Waals surface area contributed by atoms with Gasteiger partial charge in [0.1, 0.15) is 17.1 Å². The fourth-order valence-electron chi connectivity index (χ4n) is 4.89. The monoisotopic (exact) mass is 470 g/mol. The van der Waals surface area contributed by atoms with Gasteiger partial charge in [-0.1, -0.05) is 6.07 Å². The third-order valence-electron chi connectivity index (χ3n) is 6.50. The van der Waals surface area contributed by atoms with Crippen molar-refractivity contribution in [3.05, 3.63) is 58.4 Å². The highest BCUT2D eigenvalue weighted by Gasteiger charge is 2.42. The van der Waals surface area contributed by atoms with E-state index in [4.69, 9.17) is 9.47 Å². The minimum atomic E-state index is -2.29. The van der Waals surface area contributed by atoms with Crippen LogP contribution in [0.3, 0.4) is 0 Å². The average Bonchev–Trinajstić information content (AvgIpc) is 3.03. The molecule has 2 fully saturated rings. The molecule has 1 amide bonds. The second-order valence-corrected chi connectivity index (χ2v) is 8.32. The van der Waals surface area contributed by atoms with E-state index in [1.807, 2.05) is 12.1 Å².